The molecular formula is C26H31N5O2. The van der Waals surface area contributed by atoms with Gasteiger partial charge in [-0.25, -0.2) is 9.78 Å². The van der Waals surface area contributed by atoms with Gasteiger partial charge in [0.1, 0.15) is 5.60 Å². The zero-order valence-corrected chi connectivity index (χ0v) is 19.5. The normalized spacial score (nSPS) is 16.4. The second-order valence-corrected chi connectivity index (χ2v) is 9.52. The zero-order valence-electron chi connectivity index (χ0n) is 19.5. The molecule has 7 heteroatoms. The lowest BCUT2D eigenvalue weighted by atomic mass is 10.0. The molecule has 1 fully saturated rings. The van der Waals surface area contributed by atoms with Gasteiger partial charge in [0.2, 0.25) is 5.95 Å². The number of benzene rings is 2. The Morgan fingerprint density at radius 1 is 1.18 bits per heavy atom. The van der Waals surface area contributed by atoms with Gasteiger partial charge in [-0.2, -0.15) is 5.26 Å². The molecule has 2 heterocycles. The minimum atomic E-state index is -0.512. The molecule has 1 unspecified atom stereocenters. The molecule has 1 saturated heterocycles. The smallest absolute Gasteiger partial charge is 0.410 e. The van der Waals surface area contributed by atoms with Crippen molar-refractivity contribution in [1.29, 1.82) is 5.26 Å². The van der Waals surface area contributed by atoms with E-state index in [2.05, 4.69) is 22.0 Å². The number of carbonyl (C=O) groups is 1. The number of likely N-dealkylation sites (tertiary alicyclic amines) is 1. The van der Waals surface area contributed by atoms with Crippen LogP contribution in [0.2, 0.25) is 0 Å². The average molecular weight is 446 g/mol. The molecule has 0 bridgehead atoms. The van der Waals surface area contributed by atoms with Crippen LogP contribution in [0.15, 0.2) is 48.5 Å². The van der Waals surface area contributed by atoms with Crippen LogP contribution in [-0.4, -0.2) is 45.3 Å². The Morgan fingerprint density at radius 2 is 1.94 bits per heavy atom. The van der Waals surface area contributed by atoms with Gasteiger partial charge in [-0.3, -0.25) is 0 Å². The number of carbonyl (C=O) groups excluding carboxylic acids is 1. The number of ether oxygens (including phenoxy) is 1. The number of para-hydroxylation sites is 2. The van der Waals surface area contributed by atoms with E-state index in [1.807, 2.05) is 68.1 Å². The van der Waals surface area contributed by atoms with Gasteiger partial charge in [-0.05, 0) is 69.9 Å². The summed E-state index contributed by atoms with van der Waals surface area (Å²) in [5.41, 5.74) is 3.18. The summed E-state index contributed by atoms with van der Waals surface area (Å²) in [7, 11) is 0. The molecule has 1 aliphatic rings. The highest BCUT2D eigenvalue weighted by Crippen LogP contribution is 2.24. The first-order valence-corrected chi connectivity index (χ1v) is 11.5. The number of hydrogen-bond donors (Lipinski definition) is 1. The van der Waals surface area contributed by atoms with E-state index >= 15 is 0 Å². The quantitative estimate of drug-likeness (QED) is 0.587. The fourth-order valence-electron chi connectivity index (χ4n) is 4.22. The number of nitrogens with zero attached hydrogens (tertiary/aromatic N) is 4. The molecule has 0 saturated carbocycles. The summed E-state index contributed by atoms with van der Waals surface area (Å²) in [6.45, 7) is 7.64. The molecule has 3 aromatic rings. The zero-order chi connectivity index (χ0) is 23.4. The average Bonchev–Trinajstić information content (AvgIpc) is 3.14. The van der Waals surface area contributed by atoms with E-state index in [4.69, 9.17) is 15.0 Å². The molecular weight excluding hydrogens is 414 g/mol. The molecule has 4 rings (SSSR count). The molecule has 1 aliphatic heterocycles. The van der Waals surface area contributed by atoms with Gasteiger partial charge in [-0.1, -0.05) is 24.3 Å². The van der Waals surface area contributed by atoms with Crippen LogP contribution in [-0.2, 0) is 11.3 Å². The van der Waals surface area contributed by atoms with E-state index in [0.717, 1.165) is 41.8 Å². The highest BCUT2D eigenvalue weighted by molar-refractivity contribution is 5.78. The Hall–Kier alpha value is -3.53. The number of nitrogens with one attached hydrogen (secondary N) is 1. The number of aromatic nitrogens is 2. The predicted molar refractivity (Wildman–Crippen MR) is 129 cm³/mol. The van der Waals surface area contributed by atoms with Crippen molar-refractivity contribution >= 4 is 23.1 Å². The van der Waals surface area contributed by atoms with Crippen LogP contribution in [0.5, 0.6) is 0 Å². The lowest BCUT2D eigenvalue weighted by molar-refractivity contribution is 0.0114. The number of imidazole rings is 1. The summed E-state index contributed by atoms with van der Waals surface area (Å²) in [4.78, 5) is 19.4. The van der Waals surface area contributed by atoms with Crippen molar-refractivity contribution in [3.8, 4) is 6.07 Å². The van der Waals surface area contributed by atoms with Gasteiger partial charge < -0.3 is 19.5 Å². The highest BCUT2D eigenvalue weighted by atomic mass is 16.6. The third-order valence-electron chi connectivity index (χ3n) is 5.83. The number of hydrogen-bond acceptors (Lipinski definition) is 5. The summed E-state index contributed by atoms with van der Waals surface area (Å²) in [5, 5.41) is 12.6. The number of piperidine rings is 1. The summed E-state index contributed by atoms with van der Waals surface area (Å²) in [6, 6.07) is 17.9. The third kappa shape index (κ3) is 5.46. The van der Waals surface area contributed by atoms with Crippen molar-refractivity contribution in [1.82, 2.24) is 14.5 Å². The van der Waals surface area contributed by atoms with Crippen LogP contribution >= 0.6 is 0 Å². The maximum absolute atomic E-state index is 12.8. The van der Waals surface area contributed by atoms with Crippen LogP contribution in [0, 0.1) is 11.3 Å². The van der Waals surface area contributed by atoms with Crippen molar-refractivity contribution in [2.75, 3.05) is 18.4 Å². The summed E-state index contributed by atoms with van der Waals surface area (Å²) in [6.07, 6.45) is 2.77. The number of amides is 1. The van der Waals surface area contributed by atoms with Gasteiger partial charge in [0.25, 0.3) is 0 Å². The van der Waals surface area contributed by atoms with Crippen LogP contribution < -0.4 is 5.32 Å². The van der Waals surface area contributed by atoms with Gasteiger partial charge in [0, 0.05) is 13.1 Å². The summed E-state index contributed by atoms with van der Waals surface area (Å²) < 4.78 is 7.79. The van der Waals surface area contributed by atoms with E-state index < -0.39 is 5.60 Å². The monoisotopic (exact) mass is 445 g/mol. The SMILES string of the molecule is CC(C)(C)OC(=O)N1CCCCC1CNc1nc2ccccc2n1Cc1ccc(C#N)cc1. The first kappa shape index (κ1) is 22.7. The molecule has 2 aromatic carbocycles. The first-order valence-electron chi connectivity index (χ1n) is 11.5. The second kappa shape index (κ2) is 9.53. The van der Waals surface area contributed by atoms with Crippen LogP contribution in [0.3, 0.4) is 0 Å². The minimum absolute atomic E-state index is 0.0526. The Bertz CT molecular complexity index is 1150. The van der Waals surface area contributed by atoms with Crippen molar-refractivity contribution < 1.29 is 9.53 Å². The second-order valence-electron chi connectivity index (χ2n) is 9.52. The topological polar surface area (TPSA) is 83.2 Å². The van der Waals surface area contributed by atoms with Crippen molar-refractivity contribution in [2.45, 2.75) is 58.2 Å². The lowest BCUT2D eigenvalue weighted by Gasteiger charge is -2.36. The van der Waals surface area contributed by atoms with Crippen molar-refractivity contribution in [3.63, 3.8) is 0 Å². The van der Waals surface area contributed by atoms with Gasteiger partial charge in [0.05, 0.1) is 35.3 Å². The fraction of sp³-hybridized carbons (Fsp3) is 0.423. The van der Waals surface area contributed by atoms with E-state index in [1.54, 1.807) is 0 Å². The Labute approximate surface area is 195 Å². The maximum atomic E-state index is 12.8. The van der Waals surface area contributed by atoms with Crippen LogP contribution in [0.25, 0.3) is 11.0 Å². The molecule has 0 spiro atoms. The molecule has 33 heavy (non-hydrogen) atoms. The maximum Gasteiger partial charge on any atom is 0.410 e. The van der Waals surface area contributed by atoms with E-state index in [0.29, 0.717) is 25.2 Å². The minimum Gasteiger partial charge on any atom is -0.444 e. The fourth-order valence-corrected chi connectivity index (χ4v) is 4.22. The highest BCUT2D eigenvalue weighted by Gasteiger charge is 2.30. The van der Waals surface area contributed by atoms with Gasteiger partial charge in [0.15, 0.2) is 0 Å². The lowest BCUT2D eigenvalue weighted by Crippen LogP contribution is -2.49. The summed E-state index contributed by atoms with van der Waals surface area (Å²) >= 11 is 0. The molecule has 1 aromatic heterocycles. The molecule has 0 aliphatic carbocycles. The molecule has 1 N–H and O–H groups in total. The first-order chi connectivity index (χ1) is 15.8. The largest absolute Gasteiger partial charge is 0.444 e. The standard InChI is InChI=1S/C26H31N5O2/c1-26(2,3)33-25(32)30-15-7-6-8-21(30)17-28-24-29-22-9-4-5-10-23(22)31(24)18-20-13-11-19(16-27)12-14-20/h4-5,9-14,21H,6-8,15,17-18H2,1-3H3,(H,28,29). The van der Waals surface area contributed by atoms with Crippen LogP contribution in [0.4, 0.5) is 10.7 Å². The molecule has 1 atom stereocenters. The Kier molecular flexibility index (Phi) is 6.55. The summed E-state index contributed by atoms with van der Waals surface area (Å²) in [5.74, 6) is 0.773. The third-order valence-corrected chi connectivity index (χ3v) is 5.83. The Morgan fingerprint density at radius 3 is 2.67 bits per heavy atom. The van der Waals surface area contributed by atoms with E-state index in [1.165, 1.54) is 0 Å². The molecule has 7 nitrogen and oxygen atoms in total. The van der Waals surface area contributed by atoms with E-state index in [9.17, 15) is 4.79 Å². The molecule has 1 amide bonds. The number of fused-ring (bicyclic) bond motifs is 1. The van der Waals surface area contributed by atoms with Crippen molar-refractivity contribution in [2.24, 2.45) is 0 Å². The van der Waals surface area contributed by atoms with Crippen LogP contribution in [0.1, 0.15) is 51.2 Å². The number of nitriles is 1. The number of anilines is 1. The van der Waals surface area contributed by atoms with Gasteiger partial charge >= 0.3 is 6.09 Å². The molecule has 172 valence electrons. The molecule has 0 radical (unpaired) electrons. The number of rotatable bonds is 5. The Balaban J connectivity index is 1.54. The van der Waals surface area contributed by atoms with E-state index in [-0.39, 0.29) is 12.1 Å². The predicted octanol–water partition coefficient (Wildman–Crippen LogP) is 5.16. The van der Waals surface area contributed by atoms with Crippen molar-refractivity contribution in [3.05, 3.63) is 59.7 Å². The van der Waals surface area contributed by atoms with Gasteiger partial charge in [-0.15, -0.1) is 0 Å².